The van der Waals surface area contributed by atoms with Crippen LogP contribution in [0.5, 0.6) is 5.75 Å². The van der Waals surface area contributed by atoms with E-state index < -0.39 is 0 Å². The van der Waals surface area contributed by atoms with Crippen molar-refractivity contribution in [1.29, 1.82) is 0 Å². The smallest absolute Gasteiger partial charge is 0.178 e. The van der Waals surface area contributed by atoms with Gasteiger partial charge in [-0.1, -0.05) is 203 Å². The average molecular weight is 1040 g/mol. The number of nitrogens with zero attached hydrogens (tertiary/aromatic N) is 5. The van der Waals surface area contributed by atoms with E-state index in [2.05, 4.69) is 266 Å². The van der Waals surface area contributed by atoms with Crippen LogP contribution in [0, 0.1) is 0 Å². The van der Waals surface area contributed by atoms with Crippen LogP contribution >= 0.6 is 0 Å². The molecule has 0 bridgehead atoms. The number of imidazole rings is 2. The first-order valence-electron chi connectivity index (χ1n) is 28.7. The van der Waals surface area contributed by atoms with Gasteiger partial charge in [-0.3, -0.25) is 9.13 Å². The SMILES string of the molecule is CC(C)c1cc(-c2ccccc2)cc(C(C)C)c1-n1c(-c2cc(-c3cccc4c3nc(-c3cc(C(C)(C)C)cc(C(C)(C)C)c3O)n4-c3c(C(C)C)cc(-c4ccccc4)cc3C(C)C)cc(C(C)(C)C)c2)nc2ncccc21. The Morgan fingerprint density at radius 2 is 0.861 bits per heavy atom. The Bertz CT molecular complexity index is 3840. The van der Waals surface area contributed by atoms with Crippen LogP contribution in [-0.2, 0) is 16.2 Å². The Morgan fingerprint density at radius 1 is 0.392 bits per heavy atom. The fraction of sp³-hybridized carbons (Fsp3) is 0.329. The summed E-state index contributed by atoms with van der Waals surface area (Å²) in [7, 11) is 0. The van der Waals surface area contributed by atoms with Crippen molar-refractivity contribution in [2.24, 2.45) is 0 Å². The minimum atomic E-state index is -0.350. The summed E-state index contributed by atoms with van der Waals surface area (Å²) in [6, 6.07) is 53.3. The second kappa shape index (κ2) is 20.6. The highest BCUT2D eigenvalue weighted by Crippen LogP contribution is 2.48. The van der Waals surface area contributed by atoms with Gasteiger partial charge in [-0.2, -0.15) is 0 Å². The molecule has 0 aliphatic carbocycles. The molecule has 6 nitrogen and oxygen atoms in total. The maximum atomic E-state index is 12.9. The summed E-state index contributed by atoms with van der Waals surface area (Å²) in [5, 5.41) is 12.9. The van der Waals surface area contributed by atoms with E-state index in [1.165, 1.54) is 50.1 Å². The summed E-state index contributed by atoms with van der Waals surface area (Å²) in [6.07, 6.45) is 1.85. The standard InChI is InChI=1S/C73H81N5O/c1-43(2)56-37-49(47-26-20-18-21-27-47)38-57(44(3)4)65(56)77-62-31-24-30-55(64(62)75-70(77)60-41-54(72(12,13)14)42-61(67(60)79)73(15,16)17)51-34-52(36-53(35-51)71(9,10)11)69-76-68-63(32-25-33-74-68)78(69)66-58(45(5)6)39-50(40-59(66)46(7)8)48-28-22-19-23-29-48/h18-46,79H,1-17H3. The second-order valence-corrected chi connectivity index (χ2v) is 26.4. The Balaban J connectivity index is 1.31. The van der Waals surface area contributed by atoms with Gasteiger partial charge in [0.25, 0.3) is 0 Å². The molecule has 0 aliphatic rings. The van der Waals surface area contributed by atoms with Crippen LogP contribution in [0.1, 0.15) is 180 Å². The first-order chi connectivity index (χ1) is 37.3. The molecule has 6 heteroatoms. The first kappa shape index (κ1) is 54.8. The van der Waals surface area contributed by atoms with Gasteiger partial charge in [0.15, 0.2) is 5.65 Å². The minimum Gasteiger partial charge on any atom is -0.507 e. The fourth-order valence-corrected chi connectivity index (χ4v) is 11.5. The number of phenols is 1. The largest absolute Gasteiger partial charge is 0.507 e. The lowest BCUT2D eigenvalue weighted by Gasteiger charge is -2.28. The molecule has 404 valence electrons. The second-order valence-electron chi connectivity index (χ2n) is 26.4. The number of rotatable bonds is 11. The van der Waals surface area contributed by atoms with Crippen LogP contribution in [-0.4, -0.2) is 29.2 Å². The van der Waals surface area contributed by atoms with E-state index in [1.54, 1.807) is 0 Å². The van der Waals surface area contributed by atoms with Crippen molar-refractivity contribution in [1.82, 2.24) is 24.1 Å². The van der Waals surface area contributed by atoms with Crippen molar-refractivity contribution in [3.8, 4) is 73.3 Å². The summed E-state index contributed by atoms with van der Waals surface area (Å²) in [4.78, 5) is 16.3. The topological polar surface area (TPSA) is 68.8 Å². The van der Waals surface area contributed by atoms with E-state index in [-0.39, 0.29) is 45.7 Å². The lowest BCUT2D eigenvalue weighted by atomic mass is 9.78. The summed E-state index contributed by atoms with van der Waals surface area (Å²) in [6.45, 7) is 38.6. The maximum Gasteiger partial charge on any atom is 0.178 e. The molecule has 0 spiro atoms. The molecule has 0 radical (unpaired) electrons. The van der Waals surface area contributed by atoms with Crippen LogP contribution in [0.15, 0.2) is 152 Å². The number of fused-ring (bicyclic) bond motifs is 2. The highest BCUT2D eigenvalue weighted by molar-refractivity contribution is 5.98. The number of aromatic nitrogens is 5. The van der Waals surface area contributed by atoms with Crippen LogP contribution in [0.4, 0.5) is 0 Å². The van der Waals surface area contributed by atoms with E-state index >= 15 is 0 Å². The van der Waals surface area contributed by atoms with Crippen LogP contribution < -0.4 is 0 Å². The van der Waals surface area contributed by atoms with Gasteiger partial charge in [0.2, 0.25) is 0 Å². The summed E-state index contributed by atoms with van der Waals surface area (Å²) in [5.74, 6) is 2.56. The van der Waals surface area contributed by atoms with Crippen molar-refractivity contribution < 1.29 is 5.11 Å². The molecule has 0 saturated heterocycles. The lowest BCUT2D eigenvalue weighted by Crippen LogP contribution is -2.17. The third-order valence-electron chi connectivity index (χ3n) is 16.0. The minimum absolute atomic E-state index is 0.158. The van der Waals surface area contributed by atoms with Crippen molar-refractivity contribution in [2.45, 2.75) is 158 Å². The molecule has 0 saturated carbocycles. The summed E-state index contributed by atoms with van der Waals surface area (Å²) < 4.78 is 4.80. The van der Waals surface area contributed by atoms with Gasteiger partial charge in [-0.15, -0.1) is 0 Å². The normalized spacial score (nSPS) is 12.6. The van der Waals surface area contributed by atoms with Gasteiger partial charge in [0.1, 0.15) is 17.4 Å². The highest BCUT2D eigenvalue weighted by atomic mass is 16.3. The van der Waals surface area contributed by atoms with Crippen molar-refractivity contribution in [3.63, 3.8) is 0 Å². The molecule has 7 aromatic carbocycles. The number of aromatic hydroxyl groups is 1. The Morgan fingerprint density at radius 3 is 1.34 bits per heavy atom. The van der Waals surface area contributed by atoms with Crippen LogP contribution in [0.2, 0.25) is 0 Å². The number of phenolic OH excluding ortho intramolecular Hbond substituents is 1. The Kier molecular flexibility index (Phi) is 14.3. The Hall–Kier alpha value is -7.57. The number of benzene rings is 7. The predicted molar refractivity (Wildman–Crippen MR) is 335 cm³/mol. The molecule has 0 amide bonds. The number of pyridine rings is 1. The van der Waals surface area contributed by atoms with E-state index in [1.807, 2.05) is 12.3 Å². The average Bonchev–Trinajstić information content (AvgIpc) is 3.66. The van der Waals surface area contributed by atoms with Gasteiger partial charge in [0, 0.05) is 22.9 Å². The van der Waals surface area contributed by atoms with Crippen LogP contribution in [0.25, 0.3) is 89.7 Å². The quantitative estimate of drug-likeness (QED) is 0.140. The lowest BCUT2D eigenvalue weighted by molar-refractivity contribution is 0.446. The molecule has 10 aromatic rings. The molecule has 0 aliphatic heterocycles. The maximum absolute atomic E-state index is 12.9. The van der Waals surface area contributed by atoms with Gasteiger partial charge < -0.3 is 5.11 Å². The number of para-hydroxylation sites is 1. The van der Waals surface area contributed by atoms with Crippen LogP contribution in [0.3, 0.4) is 0 Å². The van der Waals surface area contributed by atoms with Crippen molar-refractivity contribution >= 4 is 22.2 Å². The van der Waals surface area contributed by atoms with E-state index in [4.69, 9.17) is 15.0 Å². The molecule has 3 aromatic heterocycles. The third kappa shape index (κ3) is 10.2. The van der Waals surface area contributed by atoms with Gasteiger partial charge in [-0.05, 0) is 162 Å². The molecule has 10 rings (SSSR count). The van der Waals surface area contributed by atoms with E-state index in [0.29, 0.717) is 11.5 Å². The van der Waals surface area contributed by atoms with Gasteiger partial charge in [0.05, 0.1) is 33.5 Å². The fourth-order valence-electron chi connectivity index (χ4n) is 11.5. The number of hydrogen-bond donors (Lipinski definition) is 1. The zero-order chi connectivity index (χ0) is 56.6. The molecule has 0 fully saturated rings. The predicted octanol–water partition coefficient (Wildman–Crippen LogP) is 20.2. The molecular weight excluding hydrogens is 963 g/mol. The molecule has 79 heavy (non-hydrogen) atoms. The van der Waals surface area contributed by atoms with Crippen molar-refractivity contribution in [3.05, 3.63) is 191 Å². The zero-order valence-electron chi connectivity index (χ0n) is 49.9. The van der Waals surface area contributed by atoms with Crippen molar-refractivity contribution in [2.75, 3.05) is 0 Å². The first-order valence-corrected chi connectivity index (χ1v) is 28.7. The zero-order valence-corrected chi connectivity index (χ0v) is 49.9. The monoisotopic (exact) mass is 1040 g/mol. The molecule has 0 atom stereocenters. The molecule has 3 heterocycles. The molecule has 0 unspecified atom stereocenters. The van der Waals surface area contributed by atoms with E-state index in [0.717, 1.165) is 67.1 Å². The molecular formula is C73H81N5O. The number of hydrogen-bond acceptors (Lipinski definition) is 4. The van der Waals surface area contributed by atoms with E-state index in [9.17, 15) is 5.11 Å². The summed E-state index contributed by atoms with van der Waals surface area (Å²) >= 11 is 0. The molecule has 1 N–H and O–H groups in total. The third-order valence-corrected chi connectivity index (χ3v) is 16.0. The summed E-state index contributed by atoms with van der Waals surface area (Å²) in [5.41, 5.74) is 21.7. The van der Waals surface area contributed by atoms with Gasteiger partial charge in [-0.25, -0.2) is 15.0 Å². The Labute approximate surface area is 470 Å². The van der Waals surface area contributed by atoms with Gasteiger partial charge >= 0.3 is 0 Å². The highest BCUT2D eigenvalue weighted by Gasteiger charge is 2.32.